The molecule has 1 rings (SSSR count). The van der Waals surface area contributed by atoms with Gasteiger partial charge in [0, 0.05) is 0 Å². The van der Waals surface area contributed by atoms with E-state index in [4.69, 9.17) is 10.5 Å². The Morgan fingerprint density at radius 2 is 2.00 bits per heavy atom. The normalized spacial score (nSPS) is 13.9. The lowest BCUT2D eigenvalue weighted by atomic mass is 9.98. The monoisotopic (exact) mass is 279 g/mol. The van der Waals surface area contributed by atoms with Gasteiger partial charge < -0.3 is 15.2 Å². The van der Waals surface area contributed by atoms with E-state index in [1.807, 2.05) is 18.2 Å². The molecule has 1 aromatic carbocycles. The number of para-hydroxylation sites is 1. The average Bonchev–Trinajstić information content (AvgIpc) is 2.42. The molecule has 4 nitrogen and oxygen atoms in total. The lowest BCUT2D eigenvalue weighted by molar-refractivity contribution is -0.146. The van der Waals surface area contributed by atoms with Gasteiger partial charge in [0.2, 0.25) is 0 Å². The smallest absolute Gasteiger partial charge is 0.325 e. The van der Waals surface area contributed by atoms with E-state index in [0.29, 0.717) is 25.4 Å². The predicted molar refractivity (Wildman–Crippen MR) is 79.9 cm³/mol. The topological polar surface area (TPSA) is 61.5 Å². The summed E-state index contributed by atoms with van der Waals surface area (Å²) < 4.78 is 10.5. The van der Waals surface area contributed by atoms with Crippen molar-refractivity contribution in [3.63, 3.8) is 0 Å². The molecule has 0 saturated carbocycles. The molecule has 0 amide bonds. The molecule has 0 aliphatic carbocycles. The van der Waals surface area contributed by atoms with Gasteiger partial charge in [-0.2, -0.15) is 0 Å². The number of esters is 1. The first-order chi connectivity index (χ1) is 9.38. The molecule has 1 aromatic rings. The Bertz CT molecular complexity index is 441. The highest BCUT2D eigenvalue weighted by Gasteiger charge is 2.28. The van der Waals surface area contributed by atoms with Crippen molar-refractivity contribution in [1.29, 1.82) is 0 Å². The van der Waals surface area contributed by atoms with Crippen molar-refractivity contribution in [2.45, 2.75) is 45.1 Å². The van der Waals surface area contributed by atoms with E-state index in [2.05, 4.69) is 24.7 Å². The summed E-state index contributed by atoms with van der Waals surface area (Å²) in [7, 11) is 1.35. The van der Waals surface area contributed by atoms with Gasteiger partial charge in [-0.25, -0.2) is 0 Å². The summed E-state index contributed by atoms with van der Waals surface area (Å²) in [5.41, 5.74) is 6.14. The van der Waals surface area contributed by atoms with Crippen molar-refractivity contribution >= 4 is 5.97 Å². The third kappa shape index (κ3) is 4.53. The SMILES string of the molecule is COC(=O)C(C)(N)CCCOc1ccccc1C(C)C. The van der Waals surface area contributed by atoms with Crippen LogP contribution in [0.25, 0.3) is 0 Å². The second kappa shape index (κ2) is 7.29. The summed E-state index contributed by atoms with van der Waals surface area (Å²) >= 11 is 0. The van der Waals surface area contributed by atoms with Crippen LogP contribution in [0.3, 0.4) is 0 Å². The number of rotatable bonds is 7. The summed E-state index contributed by atoms with van der Waals surface area (Å²) in [4.78, 5) is 11.5. The van der Waals surface area contributed by atoms with Crippen LogP contribution in [0.4, 0.5) is 0 Å². The Morgan fingerprint density at radius 1 is 1.35 bits per heavy atom. The molecule has 112 valence electrons. The van der Waals surface area contributed by atoms with E-state index in [9.17, 15) is 4.79 Å². The quantitative estimate of drug-likeness (QED) is 0.616. The number of methoxy groups -OCH3 is 1. The van der Waals surface area contributed by atoms with Crippen LogP contribution in [0, 0.1) is 0 Å². The first-order valence-electron chi connectivity index (χ1n) is 6.97. The molecule has 0 aromatic heterocycles. The first-order valence-corrected chi connectivity index (χ1v) is 6.97. The molecular weight excluding hydrogens is 254 g/mol. The highest BCUT2D eigenvalue weighted by atomic mass is 16.5. The number of carbonyl (C=O) groups is 1. The van der Waals surface area contributed by atoms with Crippen LogP contribution in [0.15, 0.2) is 24.3 Å². The van der Waals surface area contributed by atoms with E-state index in [-0.39, 0.29) is 5.97 Å². The zero-order chi connectivity index (χ0) is 15.2. The van der Waals surface area contributed by atoms with Crippen LogP contribution in [-0.2, 0) is 9.53 Å². The standard InChI is InChI=1S/C16H25NO3/c1-12(2)13-8-5-6-9-14(13)20-11-7-10-16(3,17)15(18)19-4/h5-6,8-9,12H,7,10-11,17H2,1-4H3. The fourth-order valence-electron chi connectivity index (χ4n) is 2.05. The van der Waals surface area contributed by atoms with E-state index >= 15 is 0 Å². The third-order valence-electron chi connectivity index (χ3n) is 3.29. The molecule has 1 atom stereocenters. The summed E-state index contributed by atoms with van der Waals surface area (Å²) in [5, 5.41) is 0. The number of hydrogen-bond acceptors (Lipinski definition) is 4. The zero-order valence-electron chi connectivity index (χ0n) is 12.8. The molecule has 1 unspecified atom stereocenters. The maximum Gasteiger partial charge on any atom is 0.325 e. The largest absolute Gasteiger partial charge is 0.493 e. The third-order valence-corrected chi connectivity index (χ3v) is 3.29. The molecule has 0 aliphatic heterocycles. The second-order valence-corrected chi connectivity index (χ2v) is 5.55. The molecule has 2 N–H and O–H groups in total. The van der Waals surface area contributed by atoms with Gasteiger partial charge in [-0.3, -0.25) is 4.79 Å². The van der Waals surface area contributed by atoms with Gasteiger partial charge >= 0.3 is 5.97 Å². The van der Waals surface area contributed by atoms with Crippen molar-refractivity contribution in [1.82, 2.24) is 0 Å². The Hall–Kier alpha value is -1.55. The summed E-state index contributed by atoms with van der Waals surface area (Å²) in [6.07, 6.45) is 1.23. The van der Waals surface area contributed by atoms with Crippen molar-refractivity contribution in [2.24, 2.45) is 5.73 Å². The summed E-state index contributed by atoms with van der Waals surface area (Å²) in [5.74, 6) is 0.931. The number of carbonyl (C=O) groups excluding carboxylic acids is 1. The molecule has 4 heteroatoms. The molecule has 0 saturated heterocycles. The van der Waals surface area contributed by atoms with E-state index in [1.165, 1.54) is 12.7 Å². The molecule has 20 heavy (non-hydrogen) atoms. The van der Waals surface area contributed by atoms with Gasteiger partial charge in [0.1, 0.15) is 11.3 Å². The van der Waals surface area contributed by atoms with Crippen LogP contribution in [0.1, 0.15) is 45.1 Å². The van der Waals surface area contributed by atoms with Gasteiger partial charge in [0.15, 0.2) is 0 Å². The van der Waals surface area contributed by atoms with Crippen LogP contribution >= 0.6 is 0 Å². The minimum absolute atomic E-state index is 0.389. The molecule has 0 heterocycles. The van der Waals surface area contributed by atoms with Gasteiger partial charge in [-0.1, -0.05) is 32.0 Å². The van der Waals surface area contributed by atoms with E-state index in [1.54, 1.807) is 6.92 Å². The van der Waals surface area contributed by atoms with Gasteiger partial charge in [0.25, 0.3) is 0 Å². The lowest BCUT2D eigenvalue weighted by Gasteiger charge is -2.21. The van der Waals surface area contributed by atoms with Crippen LogP contribution in [-0.4, -0.2) is 25.2 Å². The van der Waals surface area contributed by atoms with Crippen molar-refractivity contribution in [2.75, 3.05) is 13.7 Å². The number of nitrogens with two attached hydrogens (primary N) is 1. The highest BCUT2D eigenvalue weighted by molar-refractivity contribution is 5.79. The van der Waals surface area contributed by atoms with E-state index < -0.39 is 5.54 Å². The van der Waals surface area contributed by atoms with Crippen molar-refractivity contribution in [3.05, 3.63) is 29.8 Å². The molecule has 0 radical (unpaired) electrons. The summed E-state index contributed by atoms with van der Waals surface area (Å²) in [6, 6.07) is 8.01. The molecule has 0 bridgehead atoms. The minimum atomic E-state index is -0.949. The fourth-order valence-corrected chi connectivity index (χ4v) is 2.05. The Balaban J connectivity index is 2.48. The first kappa shape index (κ1) is 16.5. The predicted octanol–water partition coefficient (Wildman–Crippen LogP) is 2.86. The number of benzene rings is 1. The molecule has 0 aliphatic rings. The van der Waals surface area contributed by atoms with Gasteiger partial charge in [-0.15, -0.1) is 0 Å². The average molecular weight is 279 g/mol. The fraction of sp³-hybridized carbons (Fsp3) is 0.562. The second-order valence-electron chi connectivity index (χ2n) is 5.55. The van der Waals surface area contributed by atoms with Gasteiger partial charge in [-0.05, 0) is 37.3 Å². The van der Waals surface area contributed by atoms with Crippen molar-refractivity contribution in [3.8, 4) is 5.75 Å². The van der Waals surface area contributed by atoms with Crippen LogP contribution < -0.4 is 10.5 Å². The molecule has 0 fully saturated rings. The van der Waals surface area contributed by atoms with Gasteiger partial charge in [0.05, 0.1) is 13.7 Å². The Morgan fingerprint density at radius 3 is 2.60 bits per heavy atom. The Kier molecular flexibility index (Phi) is 6.02. The number of ether oxygens (including phenoxy) is 2. The zero-order valence-corrected chi connectivity index (χ0v) is 12.8. The van der Waals surface area contributed by atoms with E-state index in [0.717, 1.165) is 5.75 Å². The highest BCUT2D eigenvalue weighted by Crippen LogP contribution is 2.26. The maximum absolute atomic E-state index is 11.5. The van der Waals surface area contributed by atoms with Crippen molar-refractivity contribution < 1.29 is 14.3 Å². The summed E-state index contributed by atoms with van der Waals surface area (Å²) in [6.45, 7) is 6.49. The lowest BCUT2D eigenvalue weighted by Crippen LogP contribution is -2.45. The Labute approximate surface area is 121 Å². The van der Waals surface area contributed by atoms with Crippen LogP contribution in [0.2, 0.25) is 0 Å². The molecular formula is C16H25NO3. The maximum atomic E-state index is 11.5. The number of hydrogen-bond donors (Lipinski definition) is 1. The van der Waals surface area contributed by atoms with Crippen LogP contribution in [0.5, 0.6) is 5.75 Å². The minimum Gasteiger partial charge on any atom is -0.493 e. The molecule has 0 spiro atoms.